The van der Waals surface area contributed by atoms with Gasteiger partial charge in [-0.2, -0.15) is 0 Å². The van der Waals surface area contributed by atoms with E-state index in [1.807, 2.05) is 60.7 Å². The molecule has 0 spiro atoms. The Balaban J connectivity index is 1.92. The minimum Gasteiger partial charge on any atom is -0.328 e. The number of H-pyrrole nitrogens is 1. The van der Waals surface area contributed by atoms with E-state index in [4.69, 9.17) is 0 Å². The summed E-state index contributed by atoms with van der Waals surface area (Å²) in [5, 5.41) is 2.80. The molecule has 108 valence electrons. The van der Waals surface area contributed by atoms with Crippen molar-refractivity contribution < 1.29 is 4.79 Å². The Labute approximate surface area is 127 Å². The quantitative estimate of drug-likeness (QED) is 0.777. The van der Waals surface area contributed by atoms with E-state index in [0.717, 1.165) is 5.56 Å². The maximum Gasteiger partial charge on any atom is 0.257 e. The molecule has 1 amide bonds. The number of carbonyl (C=O) groups is 1. The molecule has 0 aliphatic heterocycles. The summed E-state index contributed by atoms with van der Waals surface area (Å²) < 4.78 is 0. The number of rotatable bonds is 3. The van der Waals surface area contributed by atoms with Crippen LogP contribution in [0.2, 0.25) is 0 Å². The van der Waals surface area contributed by atoms with Crippen molar-refractivity contribution in [2.24, 2.45) is 0 Å². The molecule has 0 aliphatic carbocycles. The highest BCUT2D eigenvalue weighted by atomic mass is 16.1. The summed E-state index contributed by atoms with van der Waals surface area (Å²) in [4.78, 5) is 26.9. The lowest BCUT2D eigenvalue weighted by Gasteiger charge is -2.06. The Hall–Kier alpha value is -3.14. The SMILES string of the molecule is O=C(Nc1ccccc1)c1c[nH]c(=O)c(-c2ccccc2)c1. The van der Waals surface area contributed by atoms with Crippen LogP contribution in [-0.4, -0.2) is 10.9 Å². The fourth-order valence-corrected chi connectivity index (χ4v) is 2.17. The summed E-state index contributed by atoms with van der Waals surface area (Å²) in [6.45, 7) is 0. The van der Waals surface area contributed by atoms with Crippen LogP contribution in [0.25, 0.3) is 11.1 Å². The monoisotopic (exact) mass is 290 g/mol. The molecule has 4 nitrogen and oxygen atoms in total. The van der Waals surface area contributed by atoms with E-state index in [2.05, 4.69) is 10.3 Å². The zero-order chi connectivity index (χ0) is 15.4. The Morgan fingerprint density at radius 1 is 0.909 bits per heavy atom. The minimum absolute atomic E-state index is 0.220. The van der Waals surface area contributed by atoms with Crippen molar-refractivity contribution in [1.82, 2.24) is 4.98 Å². The van der Waals surface area contributed by atoms with Gasteiger partial charge in [0.25, 0.3) is 11.5 Å². The number of anilines is 1. The third-order valence-electron chi connectivity index (χ3n) is 3.28. The first-order valence-corrected chi connectivity index (χ1v) is 6.88. The Morgan fingerprint density at radius 3 is 2.23 bits per heavy atom. The molecule has 0 radical (unpaired) electrons. The Kier molecular flexibility index (Phi) is 3.83. The number of aromatic amines is 1. The van der Waals surface area contributed by atoms with Crippen molar-refractivity contribution in [2.75, 3.05) is 5.32 Å². The molecule has 1 aromatic heterocycles. The zero-order valence-electron chi connectivity index (χ0n) is 11.7. The van der Waals surface area contributed by atoms with Crippen LogP contribution in [0, 0.1) is 0 Å². The lowest BCUT2D eigenvalue weighted by molar-refractivity contribution is 0.102. The largest absolute Gasteiger partial charge is 0.328 e. The van der Waals surface area contributed by atoms with E-state index in [1.165, 1.54) is 6.20 Å². The van der Waals surface area contributed by atoms with Gasteiger partial charge < -0.3 is 10.3 Å². The first-order chi connectivity index (χ1) is 10.7. The van der Waals surface area contributed by atoms with Gasteiger partial charge in [0.15, 0.2) is 0 Å². The van der Waals surface area contributed by atoms with Gasteiger partial charge in [-0.15, -0.1) is 0 Å². The predicted molar refractivity (Wildman–Crippen MR) is 86.9 cm³/mol. The molecule has 0 saturated carbocycles. The summed E-state index contributed by atoms with van der Waals surface area (Å²) in [5.41, 5.74) is 2.14. The van der Waals surface area contributed by atoms with Gasteiger partial charge in [0, 0.05) is 17.4 Å². The summed E-state index contributed by atoms with van der Waals surface area (Å²) in [6.07, 6.45) is 1.42. The number of hydrogen-bond acceptors (Lipinski definition) is 2. The Bertz CT molecular complexity index is 840. The molecule has 2 N–H and O–H groups in total. The zero-order valence-corrected chi connectivity index (χ0v) is 11.7. The number of pyridine rings is 1. The van der Waals surface area contributed by atoms with Crippen molar-refractivity contribution in [1.29, 1.82) is 0 Å². The summed E-state index contributed by atoms with van der Waals surface area (Å²) in [5.74, 6) is -0.264. The molecule has 0 fully saturated rings. The highest BCUT2D eigenvalue weighted by Gasteiger charge is 2.10. The van der Waals surface area contributed by atoms with Crippen molar-refractivity contribution in [3.63, 3.8) is 0 Å². The van der Waals surface area contributed by atoms with Gasteiger partial charge in [-0.3, -0.25) is 9.59 Å². The van der Waals surface area contributed by atoms with Crippen molar-refractivity contribution in [2.45, 2.75) is 0 Å². The van der Waals surface area contributed by atoms with Crippen molar-refractivity contribution in [3.05, 3.63) is 88.8 Å². The third-order valence-corrected chi connectivity index (χ3v) is 3.28. The van der Waals surface area contributed by atoms with Gasteiger partial charge in [-0.05, 0) is 23.8 Å². The molecule has 0 unspecified atom stereocenters. The van der Waals surface area contributed by atoms with Crippen molar-refractivity contribution >= 4 is 11.6 Å². The van der Waals surface area contributed by atoms with Crippen LogP contribution >= 0.6 is 0 Å². The molecule has 0 atom stereocenters. The van der Waals surface area contributed by atoms with E-state index >= 15 is 0 Å². The topological polar surface area (TPSA) is 62.0 Å². The lowest BCUT2D eigenvalue weighted by Crippen LogP contribution is -2.16. The van der Waals surface area contributed by atoms with Gasteiger partial charge in [-0.25, -0.2) is 0 Å². The fourth-order valence-electron chi connectivity index (χ4n) is 2.17. The van der Waals surface area contributed by atoms with E-state index in [0.29, 0.717) is 16.8 Å². The average Bonchev–Trinajstić information content (AvgIpc) is 2.57. The van der Waals surface area contributed by atoms with Crippen LogP contribution in [0.4, 0.5) is 5.69 Å². The molecule has 3 rings (SSSR count). The van der Waals surface area contributed by atoms with Crippen LogP contribution < -0.4 is 10.9 Å². The molecule has 1 heterocycles. The maximum atomic E-state index is 12.3. The van der Waals surface area contributed by atoms with Gasteiger partial charge in [0.1, 0.15) is 0 Å². The number of carbonyl (C=O) groups excluding carboxylic acids is 1. The predicted octanol–water partition coefficient (Wildman–Crippen LogP) is 3.29. The number of nitrogens with one attached hydrogen (secondary N) is 2. The van der Waals surface area contributed by atoms with Crippen LogP contribution in [0.15, 0.2) is 77.7 Å². The smallest absolute Gasteiger partial charge is 0.257 e. The second-order valence-electron chi connectivity index (χ2n) is 4.82. The van der Waals surface area contributed by atoms with Crippen LogP contribution in [0.3, 0.4) is 0 Å². The highest BCUT2D eigenvalue weighted by molar-refractivity contribution is 6.04. The van der Waals surface area contributed by atoms with E-state index in [1.54, 1.807) is 6.07 Å². The second kappa shape index (κ2) is 6.10. The minimum atomic E-state index is -0.264. The number of hydrogen-bond donors (Lipinski definition) is 2. The number of aromatic nitrogens is 1. The summed E-state index contributed by atoms with van der Waals surface area (Å²) in [6, 6.07) is 20.0. The summed E-state index contributed by atoms with van der Waals surface area (Å²) >= 11 is 0. The molecule has 0 aliphatic rings. The number of amides is 1. The number of benzene rings is 2. The molecule has 2 aromatic carbocycles. The first-order valence-electron chi connectivity index (χ1n) is 6.88. The van der Waals surface area contributed by atoms with E-state index < -0.39 is 0 Å². The van der Waals surface area contributed by atoms with E-state index in [9.17, 15) is 9.59 Å². The van der Waals surface area contributed by atoms with Gasteiger partial charge in [0.05, 0.1) is 5.56 Å². The second-order valence-corrected chi connectivity index (χ2v) is 4.82. The van der Waals surface area contributed by atoms with Crippen LogP contribution in [-0.2, 0) is 0 Å². The van der Waals surface area contributed by atoms with Gasteiger partial charge in [0.2, 0.25) is 0 Å². The highest BCUT2D eigenvalue weighted by Crippen LogP contribution is 2.16. The molecular formula is C18H14N2O2. The van der Waals surface area contributed by atoms with Crippen molar-refractivity contribution in [3.8, 4) is 11.1 Å². The first kappa shape index (κ1) is 13.8. The molecule has 3 aromatic rings. The van der Waals surface area contributed by atoms with Crippen LogP contribution in [0.1, 0.15) is 10.4 Å². The van der Waals surface area contributed by atoms with Crippen LogP contribution in [0.5, 0.6) is 0 Å². The summed E-state index contributed by atoms with van der Waals surface area (Å²) in [7, 11) is 0. The fraction of sp³-hybridized carbons (Fsp3) is 0. The molecule has 0 bridgehead atoms. The molecule has 4 heteroatoms. The molecule has 22 heavy (non-hydrogen) atoms. The van der Waals surface area contributed by atoms with E-state index in [-0.39, 0.29) is 11.5 Å². The standard InChI is InChI=1S/C18H14N2O2/c21-17(20-15-9-5-2-6-10-15)14-11-16(18(22)19-12-14)13-7-3-1-4-8-13/h1-12H,(H,19,22)(H,20,21). The molecular weight excluding hydrogens is 276 g/mol. The third kappa shape index (κ3) is 2.96. The maximum absolute atomic E-state index is 12.3. The van der Waals surface area contributed by atoms with Gasteiger partial charge in [-0.1, -0.05) is 48.5 Å². The average molecular weight is 290 g/mol. The normalized spacial score (nSPS) is 10.2. The number of para-hydroxylation sites is 1. The Morgan fingerprint density at radius 2 is 1.55 bits per heavy atom. The lowest BCUT2D eigenvalue weighted by atomic mass is 10.1. The molecule has 0 saturated heterocycles. The van der Waals surface area contributed by atoms with Gasteiger partial charge >= 0.3 is 0 Å².